The van der Waals surface area contributed by atoms with Gasteiger partial charge in [0.1, 0.15) is 11.4 Å². The van der Waals surface area contributed by atoms with Crippen LogP contribution in [-0.2, 0) is 6.18 Å². The van der Waals surface area contributed by atoms with Gasteiger partial charge >= 0.3 is 6.18 Å². The van der Waals surface area contributed by atoms with E-state index in [1.165, 1.54) is 10.9 Å². The number of nitrogens with zero attached hydrogens (tertiary/aromatic N) is 3. The first-order chi connectivity index (χ1) is 13.7. The van der Waals surface area contributed by atoms with Gasteiger partial charge in [0, 0.05) is 12.8 Å². The van der Waals surface area contributed by atoms with E-state index in [1.54, 1.807) is 0 Å². The number of halogens is 5. The van der Waals surface area contributed by atoms with E-state index >= 15 is 0 Å². The van der Waals surface area contributed by atoms with Gasteiger partial charge in [0.15, 0.2) is 5.69 Å². The third kappa shape index (κ3) is 4.89. The molecule has 2 aromatic rings. The molecule has 0 bridgehead atoms. The molecular weight excluding hydrogens is 399 g/mol. The van der Waals surface area contributed by atoms with Crippen LogP contribution in [0.15, 0.2) is 24.4 Å². The minimum absolute atomic E-state index is 0.0689. The van der Waals surface area contributed by atoms with Gasteiger partial charge < -0.3 is 10.4 Å². The second-order valence-electron chi connectivity index (χ2n) is 6.93. The van der Waals surface area contributed by atoms with Crippen molar-refractivity contribution >= 4 is 11.6 Å². The summed E-state index contributed by atoms with van der Waals surface area (Å²) in [5.74, 6) is -0.871. The third-order valence-corrected chi connectivity index (χ3v) is 4.94. The molecule has 0 atom stereocenters. The number of carbonyl (C=O) groups is 1. The van der Waals surface area contributed by atoms with Crippen molar-refractivity contribution in [1.29, 1.82) is 0 Å². The van der Waals surface area contributed by atoms with Crippen molar-refractivity contribution in [3.8, 4) is 0 Å². The van der Waals surface area contributed by atoms with Crippen molar-refractivity contribution in [2.75, 3.05) is 11.9 Å². The maximum Gasteiger partial charge on any atom is 0.433 e. The van der Waals surface area contributed by atoms with E-state index in [2.05, 4.69) is 15.4 Å². The molecule has 1 aliphatic carbocycles. The zero-order valence-corrected chi connectivity index (χ0v) is 15.2. The molecule has 2 heterocycles. The highest BCUT2D eigenvalue weighted by Crippen LogP contribution is 2.34. The number of hydrogen-bond acceptors (Lipinski definition) is 4. The van der Waals surface area contributed by atoms with Gasteiger partial charge in [-0.05, 0) is 43.7 Å². The number of carbonyl (C=O) groups excluding carboxylic acids is 1. The van der Waals surface area contributed by atoms with E-state index in [-0.39, 0.29) is 24.3 Å². The molecule has 0 aliphatic heterocycles. The Bertz CT molecular complexity index is 860. The van der Waals surface area contributed by atoms with Crippen molar-refractivity contribution in [3.05, 3.63) is 41.5 Å². The summed E-state index contributed by atoms with van der Waals surface area (Å²) in [5, 5.41) is 15.3. The zero-order chi connectivity index (χ0) is 21.2. The molecule has 0 unspecified atom stereocenters. The Morgan fingerprint density at radius 2 is 1.93 bits per heavy atom. The SMILES string of the molecule is O=C(Nc1cn([C@H]2CC[C@H](CO)CC2)nc1C(F)F)c1cccc(C(F)(F)F)n1. The fourth-order valence-corrected chi connectivity index (χ4v) is 3.35. The first kappa shape index (κ1) is 21.2. The Kier molecular flexibility index (Phi) is 6.15. The van der Waals surface area contributed by atoms with Crippen molar-refractivity contribution < 1.29 is 31.9 Å². The van der Waals surface area contributed by atoms with Crippen LogP contribution in [0.5, 0.6) is 0 Å². The van der Waals surface area contributed by atoms with Gasteiger partial charge in [-0.25, -0.2) is 13.8 Å². The number of pyridine rings is 1. The molecule has 1 fully saturated rings. The molecule has 1 aliphatic rings. The number of aromatic nitrogens is 3. The molecule has 0 saturated heterocycles. The van der Waals surface area contributed by atoms with Crippen LogP contribution in [0.4, 0.5) is 27.6 Å². The van der Waals surface area contributed by atoms with Gasteiger partial charge in [0.05, 0.1) is 11.7 Å². The molecule has 11 heteroatoms. The first-order valence-electron chi connectivity index (χ1n) is 9.02. The van der Waals surface area contributed by atoms with E-state index in [0.717, 1.165) is 25.0 Å². The fourth-order valence-electron chi connectivity index (χ4n) is 3.35. The summed E-state index contributed by atoms with van der Waals surface area (Å²) in [6, 6.07) is 2.63. The highest BCUT2D eigenvalue weighted by molar-refractivity contribution is 6.03. The summed E-state index contributed by atoms with van der Waals surface area (Å²) < 4.78 is 66.4. The number of hydrogen-bond donors (Lipinski definition) is 2. The van der Waals surface area contributed by atoms with Crippen LogP contribution in [0.1, 0.15) is 60.0 Å². The normalized spacial score (nSPS) is 20.1. The van der Waals surface area contributed by atoms with Crippen molar-refractivity contribution in [3.63, 3.8) is 0 Å². The predicted octanol–water partition coefficient (Wildman–Crippen LogP) is 4.21. The number of aliphatic hydroxyl groups excluding tert-OH is 1. The van der Waals surface area contributed by atoms with Gasteiger partial charge in [0.2, 0.25) is 0 Å². The Hall–Kier alpha value is -2.56. The first-order valence-corrected chi connectivity index (χ1v) is 9.02. The van der Waals surface area contributed by atoms with Crippen LogP contribution in [0.3, 0.4) is 0 Å². The van der Waals surface area contributed by atoms with Crippen LogP contribution in [0, 0.1) is 5.92 Å². The average molecular weight is 418 g/mol. The molecule has 1 amide bonds. The van der Waals surface area contributed by atoms with E-state index in [1.807, 2.05) is 0 Å². The smallest absolute Gasteiger partial charge is 0.396 e. The van der Waals surface area contributed by atoms with E-state index in [9.17, 15) is 31.9 Å². The molecule has 0 spiro atoms. The third-order valence-electron chi connectivity index (χ3n) is 4.94. The molecule has 0 radical (unpaired) electrons. The molecule has 1 saturated carbocycles. The molecule has 2 N–H and O–H groups in total. The van der Waals surface area contributed by atoms with E-state index < -0.39 is 35.6 Å². The molecule has 6 nitrogen and oxygen atoms in total. The molecule has 3 rings (SSSR count). The van der Waals surface area contributed by atoms with E-state index in [4.69, 9.17) is 0 Å². The fraction of sp³-hybridized carbons (Fsp3) is 0.500. The number of rotatable bonds is 5. The number of alkyl halides is 5. The maximum absolute atomic E-state index is 13.4. The van der Waals surface area contributed by atoms with Crippen LogP contribution in [0.2, 0.25) is 0 Å². The Labute approximate surface area is 162 Å². The highest BCUT2D eigenvalue weighted by Gasteiger charge is 2.33. The predicted molar refractivity (Wildman–Crippen MR) is 92.5 cm³/mol. The Morgan fingerprint density at radius 1 is 1.24 bits per heavy atom. The van der Waals surface area contributed by atoms with Gasteiger partial charge in [0.25, 0.3) is 12.3 Å². The second-order valence-corrected chi connectivity index (χ2v) is 6.93. The maximum atomic E-state index is 13.4. The lowest BCUT2D eigenvalue weighted by Gasteiger charge is -2.27. The van der Waals surface area contributed by atoms with Gasteiger partial charge in [-0.15, -0.1) is 0 Å². The lowest BCUT2D eigenvalue weighted by molar-refractivity contribution is -0.141. The summed E-state index contributed by atoms with van der Waals surface area (Å²) in [7, 11) is 0. The van der Waals surface area contributed by atoms with Crippen LogP contribution in [0.25, 0.3) is 0 Å². The quantitative estimate of drug-likeness (QED) is 0.713. The standard InChI is InChI=1S/C18H19F5N4O2/c19-16(20)15-13(8-27(26-15)11-6-4-10(9-28)5-7-11)25-17(29)12-2-1-3-14(24-12)18(21,22)23/h1-3,8,10-11,16,28H,4-7,9H2,(H,25,29)/t10-,11-. The monoisotopic (exact) mass is 418 g/mol. The summed E-state index contributed by atoms with van der Waals surface area (Å²) in [4.78, 5) is 15.5. The van der Waals surface area contributed by atoms with Gasteiger partial charge in [-0.3, -0.25) is 9.48 Å². The van der Waals surface area contributed by atoms with Gasteiger partial charge in [-0.1, -0.05) is 6.07 Å². The lowest BCUT2D eigenvalue weighted by atomic mass is 9.87. The topological polar surface area (TPSA) is 80.0 Å². The minimum atomic E-state index is -4.73. The molecule has 2 aromatic heterocycles. The van der Waals surface area contributed by atoms with Crippen LogP contribution in [-0.4, -0.2) is 32.4 Å². The summed E-state index contributed by atoms with van der Waals surface area (Å²) in [6.07, 6.45) is -3.73. The molecule has 29 heavy (non-hydrogen) atoms. The van der Waals surface area contributed by atoms with Crippen LogP contribution < -0.4 is 5.32 Å². The number of amides is 1. The van der Waals surface area contributed by atoms with Crippen molar-refractivity contribution in [1.82, 2.24) is 14.8 Å². The highest BCUT2D eigenvalue weighted by atomic mass is 19.4. The average Bonchev–Trinajstić information content (AvgIpc) is 3.11. The Morgan fingerprint density at radius 3 is 2.52 bits per heavy atom. The minimum Gasteiger partial charge on any atom is -0.396 e. The summed E-state index contributed by atoms with van der Waals surface area (Å²) in [5.41, 5.74) is -2.73. The molecule has 158 valence electrons. The number of anilines is 1. The second kappa shape index (κ2) is 8.44. The molecule has 0 aromatic carbocycles. The van der Waals surface area contributed by atoms with E-state index in [0.29, 0.717) is 18.9 Å². The number of aliphatic hydroxyl groups is 1. The lowest BCUT2D eigenvalue weighted by Crippen LogP contribution is -2.20. The summed E-state index contributed by atoms with van der Waals surface area (Å²) >= 11 is 0. The number of nitrogens with one attached hydrogen (secondary N) is 1. The summed E-state index contributed by atoms with van der Waals surface area (Å²) in [6.45, 7) is 0.0689. The van der Waals surface area contributed by atoms with Crippen molar-refractivity contribution in [2.24, 2.45) is 5.92 Å². The van der Waals surface area contributed by atoms with Gasteiger partial charge in [-0.2, -0.15) is 18.3 Å². The zero-order valence-electron chi connectivity index (χ0n) is 15.2. The largest absolute Gasteiger partial charge is 0.433 e. The molecular formula is C18H19F5N4O2. The van der Waals surface area contributed by atoms with Crippen molar-refractivity contribution in [2.45, 2.75) is 44.3 Å². The Balaban J connectivity index is 1.80. The van der Waals surface area contributed by atoms with Crippen LogP contribution >= 0.6 is 0 Å².